The number of carbonyl (C=O) groups is 1. The summed E-state index contributed by atoms with van der Waals surface area (Å²) in [5.74, 6) is 0. The van der Waals surface area contributed by atoms with Crippen LogP contribution in [-0.4, -0.2) is 62.9 Å². The molecule has 0 bridgehead atoms. The van der Waals surface area contributed by atoms with Gasteiger partial charge in [-0.3, -0.25) is 15.0 Å². The SMILES string of the molecule is Cc1cc(-c2n[nH]c3cc4c(cc23)CN(C2CCN(CC(F)(F)F)C2)C(=O)N4)ccn1.c1ccccc1. The van der Waals surface area contributed by atoms with Crippen LogP contribution < -0.4 is 5.32 Å². The molecule has 7 nitrogen and oxygen atoms in total. The Morgan fingerprint density at radius 2 is 1.81 bits per heavy atom. The summed E-state index contributed by atoms with van der Waals surface area (Å²) in [5, 5.41) is 11.3. The second kappa shape index (κ2) is 10.2. The first-order valence-corrected chi connectivity index (χ1v) is 12.1. The third-order valence-electron chi connectivity index (χ3n) is 6.56. The zero-order chi connectivity index (χ0) is 26.0. The Labute approximate surface area is 212 Å². The van der Waals surface area contributed by atoms with Gasteiger partial charge in [0.15, 0.2) is 0 Å². The third kappa shape index (κ3) is 5.75. The number of aryl methyl sites for hydroxylation is 1. The van der Waals surface area contributed by atoms with Crippen molar-refractivity contribution in [3.05, 3.63) is 78.1 Å². The second-order valence-electron chi connectivity index (χ2n) is 9.32. The number of amides is 2. The number of aromatic amines is 1. The fourth-order valence-corrected chi connectivity index (χ4v) is 4.86. The van der Waals surface area contributed by atoms with Crippen molar-refractivity contribution in [2.24, 2.45) is 0 Å². The molecular weight excluding hydrogens is 481 g/mol. The zero-order valence-corrected chi connectivity index (χ0v) is 20.3. The van der Waals surface area contributed by atoms with Crippen LogP contribution in [-0.2, 0) is 6.54 Å². The molecule has 1 saturated heterocycles. The third-order valence-corrected chi connectivity index (χ3v) is 6.56. The molecule has 2 aromatic heterocycles. The van der Waals surface area contributed by atoms with Gasteiger partial charge in [0, 0.05) is 54.2 Å². The number of aromatic nitrogens is 3. The molecule has 10 heteroatoms. The molecule has 2 N–H and O–H groups in total. The highest BCUT2D eigenvalue weighted by molar-refractivity contribution is 6.00. The van der Waals surface area contributed by atoms with Crippen molar-refractivity contribution in [1.29, 1.82) is 0 Å². The van der Waals surface area contributed by atoms with Crippen LogP contribution >= 0.6 is 0 Å². The second-order valence-corrected chi connectivity index (χ2v) is 9.32. The summed E-state index contributed by atoms with van der Waals surface area (Å²) in [5.41, 5.74) is 5.02. The molecule has 4 aromatic rings. The first-order valence-electron chi connectivity index (χ1n) is 12.1. The maximum atomic E-state index is 12.7. The lowest BCUT2D eigenvalue weighted by Crippen LogP contribution is -2.46. The average Bonchev–Trinajstić information content (AvgIpc) is 3.49. The molecule has 2 amide bonds. The molecule has 4 heterocycles. The van der Waals surface area contributed by atoms with Gasteiger partial charge in [0.2, 0.25) is 0 Å². The van der Waals surface area contributed by atoms with E-state index in [1.54, 1.807) is 11.1 Å². The molecule has 0 radical (unpaired) electrons. The summed E-state index contributed by atoms with van der Waals surface area (Å²) < 4.78 is 38.2. The van der Waals surface area contributed by atoms with Gasteiger partial charge < -0.3 is 10.2 Å². The number of pyridine rings is 1. The van der Waals surface area contributed by atoms with Gasteiger partial charge in [-0.15, -0.1) is 0 Å². The molecule has 1 fully saturated rings. The van der Waals surface area contributed by atoms with Crippen LogP contribution in [0.5, 0.6) is 0 Å². The fourth-order valence-electron chi connectivity index (χ4n) is 4.86. The van der Waals surface area contributed by atoms with Crippen molar-refractivity contribution in [3.63, 3.8) is 0 Å². The Balaban J connectivity index is 0.000000412. The molecule has 6 rings (SSSR count). The van der Waals surface area contributed by atoms with Crippen molar-refractivity contribution in [3.8, 4) is 11.3 Å². The number of urea groups is 1. The lowest BCUT2D eigenvalue weighted by atomic mass is 10.0. The van der Waals surface area contributed by atoms with E-state index in [4.69, 9.17) is 0 Å². The van der Waals surface area contributed by atoms with Gasteiger partial charge in [-0.1, -0.05) is 36.4 Å². The topological polar surface area (TPSA) is 77.2 Å². The number of anilines is 1. The Kier molecular flexibility index (Phi) is 6.84. The van der Waals surface area contributed by atoms with Crippen LogP contribution in [0.25, 0.3) is 22.2 Å². The number of H-pyrrole nitrogens is 1. The minimum atomic E-state index is -4.24. The van der Waals surface area contributed by atoms with Crippen LogP contribution in [0.3, 0.4) is 0 Å². The number of halogens is 3. The number of benzene rings is 2. The van der Waals surface area contributed by atoms with E-state index >= 15 is 0 Å². The minimum absolute atomic E-state index is 0.220. The van der Waals surface area contributed by atoms with E-state index in [-0.39, 0.29) is 18.6 Å². The van der Waals surface area contributed by atoms with Crippen LogP contribution in [0.4, 0.5) is 23.7 Å². The van der Waals surface area contributed by atoms with E-state index in [9.17, 15) is 18.0 Å². The number of hydrogen-bond donors (Lipinski definition) is 2. The molecule has 0 aliphatic carbocycles. The largest absolute Gasteiger partial charge is 0.401 e. The quantitative estimate of drug-likeness (QED) is 0.378. The van der Waals surface area contributed by atoms with Gasteiger partial charge in [0.1, 0.15) is 5.69 Å². The van der Waals surface area contributed by atoms with Crippen LogP contribution in [0.1, 0.15) is 17.7 Å². The number of fused-ring (bicyclic) bond motifs is 2. The highest BCUT2D eigenvalue weighted by Crippen LogP contribution is 2.34. The summed E-state index contributed by atoms with van der Waals surface area (Å²) in [4.78, 5) is 19.9. The van der Waals surface area contributed by atoms with Crippen molar-refractivity contribution in [1.82, 2.24) is 25.0 Å². The smallest absolute Gasteiger partial charge is 0.316 e. The van der Waals surface area contributed by atoms with Crippen molar-refractivity contribution >= 4 is 22.6 Å². The molecule has 1 unspecified atom stereocenters. The number of nitrogens with zero attached hydrogens (tertiary/aromatic N) is 4. The molecule has 2 aliphatic heterocycles. The highest BCUT2D eigenvalue weighted by atomic mass is 19.4. The van der Waals surface area contributed by atoms with Gasteiger partial charge in [-0.25, -0.2) is 4.79 Å². The van der Waals surface area contributed by atoms with E-state index in [1.807, 2.05) is 67.6 Å². The number of hydrogen-bond acceptors (Lipinski definition) is 4. The molecule has 0 saturated carbocycles. The maximum Gasteiger partial charge on any atom is 0.401 e. The Hall–Kier alpha value is -3.92. The number of likely N-dealkylation sites (tertiary alicyclic amines) is 1. The number of alkyl halides is 3. The van der Waals surface area contributed by atoms with Gasteiger partial charge in [0.25, 0.3) is 0 Å². The average molecular weight is 509 g/mol. The zero-order valence-electron chi connectivity index (χ0n) is 20.3. The van der Waals surface area contributed by atoms with Gasteiger partial charge in [-0.2, -0.15) is 18.3 Å². The monoisotopic (exact) mass is 508 g/mol. The Morgan fingerprint density at radius 3 is 2.49 bits per heavy atom. The maximum absolute atomic E-state index is 12.7. The predicted octanol–water partition coefficient (Wildman–Crippen LogP) is 5.60. The van der Waals surface area contributed by atoms with Gasteiger partial charge in [-0.05, 0) is 43.2 Å². The fraction of sp³-hybridized carbons (Fsp3) is 0.296. The predicted molar refractivity (Wildman–Crippen MR) is 136 cm³/mol. The molecule has 2 aliphatic rings. The van der Waals surface area contributed by atoms with E-state index in [0.717, 1.165) is 33.4 Å². The minimum Gasteiger partial charge on any atom is -0.316 e. The van der Waals surface area contributed by atoms with Crippen molar-refractivity contribution < 1.29 is 18.0 Å². The lowest BCUT2D eigenvalue weighted by molar-refractivity contribution is -0.143. The highest BCUT2D eigenvalue weighted by Gasteiger charge is 2.38. The Morgan fingerprint density at radius 1 is 1.08 bits per heavy atom. The molecule has 37 heavy (non-hydrogen) atoms. The van der Waals surface area contributed by atoms with E-state index < -0.39 is 12.7 Å². The first-order chi connectivity index (χ1) is 17.8. The molecular formula is C27H27F3N6O. The van der Waals surface area contributed by atoms with E-state index in [2.05, 4.69) is 20.5 Å². The number of rotatable bonds is 3. The summed E-state index contributed by atoms with van der Waals surface area (Å²) in [6.07, 6.45) is -1.98. The summed E-state index contributed by atoms with van der Waals surface area (Å²) in [6, 6.07) is 19.2. The number of carbonyl (C=O) groups excluding carboxylic acids is 1. The molecule has 0 spiro atoms. The van der Waals surface area contributed by atoms with Crippen LogP contribution in [0.2, 0.25) is 0 Å². The summed E-state index contributed by atoms with van der Waals surface area (Å²) in [7, 11) is 0. The lowest BCUT2D eigenvalue weighted by Gasteiger charge is -2.34. The van der Waals surface area contributed by atoms with Gasteiger partial charge >= 0.3 is 12.2 Å². The first kappa shape index (κ1) is 24.8. The molecule has 2 aromatic carbocycles. The van der Waals surface area contributed by atoms with Gasteiger partial charge in [0.05, 0.1) is 12.1 Å². The van der Waals surface area contributed by atoms with Crippen molar-refractivity contribution in [2.45, 2.75) is 32.1 Å². The van der Waals surface area contributed by atoms with Crippen LogP contribution in [0.15, 0.2) is 66.9 Å². The standard InChI is InChI=1S/C21H21F3N6O.C6H6/c1-12-6-13(2-4-25-12)19-16-7-14-9-30(15-3-5-29(10-15)11-21(22,23)24)20(31)26-17(14)8-18(16)27-28-19;1-2-4-6-5-3-1/h2,4,6-8,15H,3,5,9-11H2,1H3,(H,26,31)(H,27,28);1-6H. The normalized spacial score (nSPS) is 17.8. The van der Waals surface area contributed by atoms with Crippen LogP contribution in [0, 0.1) is 6.92 Å². The number of nitrogens with one attached hydrogen (secondary N) is 2. The Bertz CT molecular complexity index is 1360. The van der Waals surface area contributed by atoms with Crippen molar-refractivity contribution in [2.75, 3.05) is 25.0 Å². The summed E-state index contributed by atoms with van der Waals surface area (Å²) >= 11 is 0. The molecule has 1 atom stereocenters. The summed E-state index contributed by atoms with van der Waals surface area (Å²) in [6.45, 7) is 1.86. The van der Waals surface area contributed by atoms with E-state index in [1.165, 1.54) is 4.90 Å². The van der Waals surface area contributed by atoms with E-state index in [0.29, 0.717) is 25.2 Å². The molecule has 192 valence electrons.